The Morgan fingerprint density at radius 3 is 2.35 bits per heavy atom. The number of hydrogen-bond donors (Lipinski definition) is 1. The van der Waals surface area contributed by atoms with Gasteiger partial charge in [-0.25, -0.2) is 0 Å². The van der Waals surface area contributed by atoms with Gasteiger partial charge in [0.1, 0.15) is 0 Å². The standard InChI is InChI=1S/C15H22N2O3/c1-4-17(10-12(2)15(19)20)11-14(18)16(3)13-8-6-5-7-9-13/h5-9,12H,4,10-11H2,1-3H3,(H,19,20). The topological polar surface area (TPSA) is 60.9 Å². The Bertz CT molecular complexity index is 448. The van der Waals surface area contributed by atoms with Crippen LogP contribution in [0.25, 0.3) is 0 Å². The van der Waals surface area contributed by atoms with E-state index in [9.17, 15) is 9.59 Å². The van der Waals surface area contributed by atoms with Crippen LogP contribution in [-0.4, -0.2) is 48.6 Å². The maximum Gasteiger partial charge on any atom is 0.307 e. The number of anilines is 1. The van der Waals surface area contributed by atoms with Crippen molar-refractivity contribution in [3.05, 3.63) is 30.3 Å². The highest BCUT2D eigenvalue weighted by atomic mass is 16.4. The van der Waals surface area contributed by atoms with Gasteiger partial charge in [-0.15, -0.1) is 0 Å². The van der Waals surface area contributed by atoms with Crippen molar-refractivity contribution in [3.8, 4) is 0 Å². The second-order valence-corrected chi connectivity index (χ2v) is 4.86. The number of carbonyl (C=O) groups is 2. The molecule has 0 aliphatic carbocycles. The van der Waals surface area contributed by atoms with E-state index in [0.29, 0.717) is 13.1 Å². The van der Waals surface area contributed by atoms with Crippen LogP contribution in [-0.2, 0) is 9.59 Å². The van der Waals surface area contributed by atoms with Crippen molar-refractivity contribution >= 4 is 17.6 Å². The predicted octanol–water partition coefficient (Wildman–Crippen LogP) is 1.69. The molecule has 0 saturated carbocycles. The van der Waals surface area contributed by atoms with E-state index in [4.69, 9.17) is 5.11 Å². The zero-order chi connectivity index (χ0) is 15.1. The van der Waals surface area contributed by atoms with Gasteiger partial charge >= 0.3 is 5.97 Å². The molecule has 0 aliphatic heterocycles. The molecule has 0 fully saturated rings. The Morgan fingerprint density at radius 1 is 1.25 bits per heavy atom. The van der Waals surface area contributed by atoms with Crippen LogP contribution in [0, 0.1) is 5.92 Å². The summed E-state index contributed by atoms with van der Waals surface area (Å²) in [4.78, 5) is 26.5. The Labute approximate surface area is 119 Å². The van der Waals surface area contributed by atoms with Crippen LogP contribution in [0.3, 0.4) is 0 Å². The molecule has 0 heterocycles. The van der Waals surface area contributed by atoms with E-state index in [2.05, 4.69) is 0 Å². The number of para-hydroxylation sites is 1. The van der Waals surface area contributed by atoms with E-state index in [1.807, 2.05) is 42.2 Å². The third-order valence-electron chi connectivity index (χ3n) is 3.28. The lowest BCUT2D eigenvalue weighted by Crippen LogP contribution is -2.41. The number of amides is 1. The fourth-order valence-corrected chi connectivity index (χ4v) is 1.86. The fraction of sp³-hybridized carbons (Fsp3) is 0.467. The Hall–Kier alpha value is -1.88. The molecule has 0 bridgehead atoms. The molecule has 0 saturated heterocycles. The lowest BCUT2D eigenvalue weighted by molar-refractivity contribution is -0.142. The highest BCUT2D eigenvalue weighted by Crippen LogP contribution is 2.11. The SMILES string of the molecule is CCN(CC(=O)N(C)c1ccccc1)CC(C)C(=O)O. The molecule has 1 rings (SSSR count). The van der Waals surface area contributed by atoms with E-state index in [0.717, 1.165) is 5.69 Å². The molecule has 1 unspecified atom stereocenters. The summed E-state index contributed by atoms with van der Waals surface area (Å²) in [5.41, 5.74) is 0.833. The molecule has 1 atom stereocenters. The Morgan fingerprint density at radius 2 is 1.85 bits per heavy atom. The predicted molar refractivity (Wildman–Crippen MR) is 78.8 cm³/mol. The summed E-state index contributed by atoms with van der Waals surface area (Å²) in [5, 5.41) is 8.93. The van der Waals surface area contributed by atoms with Gasteiger partial charge in [0.05, 0.1) is 12.5 Å². The Kier molecular flexibility index (Phi) is 6.18. The number of carboxylic acid groups (broad SMARTS) is 1. The second kappa shape index (κ2) is 7.65. The number of rotatable bonds is 7. The van der Waals surface area contributed by atoms with E-state index >= 15 is 0 Å². The molecule has 1 aromatic carbocycles. The first-order valence-electron chi connectivity index (χ1n) is 6.72. The van der Waals surface area contributed by atoms with Crippen molar-refractivity contribution in [2.75, 3.05) is 31.6 Å². The average molecular weight is 278 g/mol. The number of hydrogen-bond acceptors (Lipinski definition) is 3. The lowest BCUT2D eigenvalue weighted by atomic mass is 10.1. The first-order valence-corrected chi connectivity index (χ1v) is 6.72. The fourth-order valence-electron chi connectivity index (χ4n) is 1.86. The van der Waals surface area contributed by atoms with Gasteiger partial charge in [-0.3, -0.25) is 14.5 Å². The molecule has 0 aromatic heterocycles. The maximum atomic E-state index is 12.2. The lowest BCUT2D eigenvalue weighted by Gasteiger charge is -2.25. The van der Waals surface area contributed by atoms with Crippen LogP contribution in [0.1, 0.15) is 13.8 Å². The van der Waals surface area contributed by atoms with Crippen molar-refractivity contribution in [3.63, 3.8) is 0 Å². The zero-order valence-corrected chi connectivity index (χ0v) is 12.2. The molecular formula is C15H22N2O3. The van der Waals surface area contributed by atoms with E-state index < -0.39 is 11.9 Å². The van der Waals surface area contributed by atoms with E-state index in [-0.39, 0.29) is 12.5 Å². The number of likely N-dealkylation sites (N-methyl/N-ethyl adjacent to an activating group) is 2. The first-order chi connectivity index (χ1) is 9.45. The van der Waals surface area contributed by atoms with Crippen LogP contribution < -0.4 is 4.90 Å². The average Bonchev–Trinajstić information content (AvgIpc) is 2.46. The summed E-state index contributed by atoms with van der Waals surface area (Å²) >= 11 is 0. The summed E-state index contributed by atoms with van der Waals surface area (Å²) in [5.74, 6) is -1.37. The first kappa shape index (κ1) is 16.2. The molecule has 1 aromatic rings. The van der Waals surface area contributed by atoms with Crippen LogP contribution in [0.15, 0.2) is 30.3 Å². The minimum atomic E-state index is -0.840. The van der Waals surface area contributed by atoms with Crippen molar-refractivity contribution < 1.29 is 14.7 Å². The highest BCUT2D eigenvalue weighted by molar-refractivity contribution is 5.94. The number of benzene rings is 1. The third-order valence-corrected chi connectivity index (χ3v) is 3.28. The summed E-state index contributed by atoms with van der Waals surface area (Å²) < 4.78 is 0. The van der Waals surface area contributed by atoms with Gasteiger partial charge < -0.3 is 10.0 Å². The maximum absolute atomic E-state index is 12.2. The van der Waals surface area contributed by atoms with Gasteiger partial charge in [0.25, 0.3) is 0 Å². The van der Waals surface area contributed by atoms with Crippen molar-refractivity contribution in [2.24, 2.45) is 5.92 Å². The monoisotopic (exact) mass is 278 g/mol. The largest absolute Gasteiger partial charge is 0.481 e. The van der Waals surface area contributed by atoms with Gasteiger partial charge in [-0.05, 0) is 18.7 Å². The van der Waals surface area contributed by atoms with Crippen LogP contribution >= 0.6 is 0 Å². The molecule has 1 N–H and O–H groups in total. The van der Waals surface area contributed by atoms with Crippen molar-refractivity contribution in [1.29, 1.82) is 0 Å². The molecule has 0 radical (unpaired) electrons. The van der Waals surface area contributed by atoms with Gasteiger partial charge in [0.2, 0.25) is 5.91 Å². The molecule has 1 amide bonds. The van der Waals surface area contributed by atoms with E-state index in [1.54, 1.807) is 18.9 Å². The van der Waals surface area contributed by atoms with Gasteiger partial charge in [-0.2, -0.15) is 0 Å². The van der Waals surface area contributed by atoms with Gasteiger partial charge in [0, 0.05) is 19.3 Å². The molecule has 0 spiro atoms. The van der Waals surface area contributed by atoms with Crippen LogP contribution in [0.2, 0.25) is 0 Å². The number of nitrogens with zero attached hydrogens (tertiary/aromatic N) is 2. The number of carboxylic acids is 1. The third kappa shape index (κ3) is 4.66. The normalized spacial score (nSPS) is 12.2. The molecule has 5 nitrogen and oxygen atoms in total. The summed E-state index contributed by atoms with van der Waals surface area (Å²) in [6, 6.07) is 9.39. The van der Waals surface area contributed by atoms with E-state index in [1.165, 1.54) is 0 Å². The minimum absolute atomic E-state index is 0.0457. The Balaban J connectivity index is 2.61. The van der Waals surface area contributed by atoms with Crippen molar-refractivity contribution in [1.82, 2.24) is 4.90 Å². The highest BCUT2D eigenvalue weighted by Gasteiger charge is 2.19. The molecule has 20 heavy (non-hydrogen) atoms. The number of aliphatic carboxylic acids is 1. The zero-order valence-electron chi connectivity index (χ0n) is 12.2. The second-order valence-electron chi connectivity index (χ2n) is 4.86. The summed E-state index contributed by atoms with van der Waals surface area (Å²) in [6.07, 6.45) is 0. The summed E-state index contributed by atoms with van der Waals surface area (Å²) in [7, 11) is 1.73. The van der Waals surface area contributed by atoms with Crippen molar-refractivity contribution in [2.45, 2.75) is 13.8 Å². The van der Waals surface area contributed by atoms with Crippen LogP contribution in [0.4, 0.5) is 5.69 Å². The molecule has 110 valence electrons. The molecule has 0 aliphatic rings. The van der Waals surface area contributed by atoms with Crippen LogP contribution in [0.5, 0.6) is 0 Å². The molecule has 5 heteroatoms. The number of carbonyl (C=O) groups excluding carboxylic acids is 1. The van der Waals surface area contributed by atoms with Gasteiger partial charge in [-0.1, -0.05) is 32.0 Å². The minimum Gasteiger partial charge on any atom is -0.481 e. The summed E-state index contributed by atoms with van der Waals surface area (Å²) in [6.45, 7) is 4.81. The smallest absolute Gasteiger partial charge is 0.307 e. The van der Waals surface area contributed by atoms with Gasteiger partial charge in [0.15, 0.2) is 0 Å². The quantitative estimate of drug-likeness (QED) is 0.824. The molecular weight excluding hydrogens is 256 g/mol.